The lowest BCUT2D eigenvalue weighted by Crippen LogP contribution is -2.16. The van der Waals surface area contributed by atoms with Gasteiger partial charge in [0.15, 0.2) is 6.29 Å². The second-order valence-electron chi connectivity index (χ2n) is 3.72. The van der Waals surface area contributed by atoms with Crippen molar-refractivity contribution in [3.05, 3.63) is 29.8 Å². The average Bonchev–Trinajstić information content (AvgIpc) is 2.22. The third-order valence-corrected chi connectivity index (χ3v) is 2.17. The van der Waals surface area contributed by atoms with Gasteiger partial charge < -0.3 is 9.47 Å². The maximum Gasteiger partial charge on any atom is 0.196 e. The molecule has 1 unspecified atom stereocenters. The lowest BCUT2D eigenvalue weighted by Gasteiger charge is -2.15. The highest BCUT2D eigenvalue weighted by atomic mass is 16.7. The average molecular weight is 208 g/mol. The van der Waals surface area contributed by atoms with E-state index < -0.39 is 0 Å². The van der Waals surface area contributed by atoms with Crippen LogP contribution in [0.15, 0.2) is 24.3 Å². The van der Waals surface area contributed by atoms with Gasteiger partial charge in [-0.05, 0) is 32.4 Å². The summed E-state index contributed by atoms with van der Waals surface area (Å²) in [6.07, 6.45) is 2.07. The molecule has 0 aliphatic rings. The van der Waals surface area contributed by atoms with Gasteiger partial charge >= 0.3 is 0 Å². The molecule has 0 spiro atoms. The molecule has 0 N–H and O–H groups in total. The zero-order valence-corrected chi connectivity index (χ0v) is 9.82. The smallest absolute Gasteiger partial charge is 0.196 e. The van der Waals surface area contributed by atoms with Gasteiger partial charge in [0, 0.05) is 0 Å². The minimum atomic E-state index is -0.167. The highest BCUT2D eigenvalue weighted by molar-refractivity contribution is 5.26. The molecule has 1 atom stereocenters. The quantitative estimate of drug-likeness (QED) is 0.526. The summed E-state index contributed by atoms with van der Waals surface area (Å²) in [5.41, 5.74) is 1.24. The highest BCUT2D eigenvalue weighted by Gasteiger charge is 2.02. The van der Waals surface area contributed by atoms with Crippen LogP contribution >= 0.6 is 0 Å². The van der Waals surface area contributed by atoms with E-state index in [4.69, 9.17) is 9.47 Å². The molecule has 0 aliphatic heterocycles. The van der Waals surface area contributed by atoms with E-state index in [1.165, 1.54) is 5.56 Å². The van der Waals surface area contributed by atoms with Gasteiger partial charge in [-0.25, -0.2) is 0 Å². The number of aryl methyl sites for hydroxylation is 1. The Hall–Kier alpha value is -1.02. The Labute approximate surface area is 92.2 Å². The lowest BCUT2D eigenvalue weighted by molar-refractivity contribution is -0.0673. The largest absolute Gasteiger partial charge is 0.465 e. The molecule has 0 heterocycles. The Morgan fingerprint density at radius 3 is 2.47 bits per heavy atom. The van der Waals surface area contributed by atoms with Gasteiger partial charge in [-0.3, -0.25) is 0 Å². The summed E-state index contributed by atoms with van der Waals surface area (Å²) in [5, 5.41) is 0. The monoisotopic (exact) mass is 208 g/mol. The number of hydrogen-bond acceptors (Lipinski definition) is 2. The van der Waals surface area contributed by atoms with Gasteiger partial charge in [0.25, 0.3) is 0 Å². The topological polar surface area (TPSA) is 18.5 Å². The summed E-state index contributed by atoms with van der Waals surface area (Å²) >= 11 is 0. The molecule has 0 saturated carbocycles. The van der Waals surface area contributed by atoms with Crippen LogP contribution in [0.4, 0.5) is 0 Å². The van der Waals surface area contributed by atoms with E-state index in [-0.39, 0.29) is 6.29 Å². The van der Waals surface area contributed by atoms with Gasteiger partial charge in [-0.2, -0.15) is 0 Å². The molecule has 15 heavy (non-hydrogen) atoms. The van der Waals surface area contributed by atoms with Crippen LogP contribution in [0.25, 0.3) is 0 Å². The van der Waals surface area contributed by atoms with E-state index in [0.29, 0.717) is 0 Å². The molecule has 0 radical (unpaired) electrons. The molecular formula is C13H20O2. The van der Waals surface area contributed by atoms with Gasteiger partial charge in [-0.15, -0.1) is 0 Å². The Morgan fingerprint density at radius 1 is 1.20 bits per heavy atom. The third-order valence-electron chi connectivity index (χ3n) is 2.17. The van der Waals surface area contributed by atoms with Crippen LogP contribution in [-0.2, 0) is 4.74 Å². The van der Waals surface area contributed by atoms with Crippen LogP contribution in [0.5, 0.6) is 5.75 Å². The van der Waals surface area contributed by atoms with E-state index in [1.807, 2.05) is 31.2 Å². The first-order valence-electron chi connectivity index (χ1n) is 5.57. The Bertz CT molecular complexity index is 266. The number of hydrogen-bond donors (Lipinski definition) is 0. The van der Waals surface area contributed by atoms with Crippen LogP contribution < -0.4 is 4.74 Å². The fourth-order valence-corrected chi connectivity index (χ4v) is 1.24. The van der Waals surface area contributed by atoms with Crippen molar-refractivity contribution in [2.45, 2.75) is 39.9 Å². The Balaban J connectivity index is 2.31. The van der Waals surface area contributed by atoms with Gasteiger partial charge in [0.05, 0.1) is 6.61 Å². The predicted octanol–water partition coefficient (Wildman–Crippen LogP) is 3.54. The molecule has 2 heteroatoms. The SMILES string of the molecule is CCCCOC(C)Oc1ccc(C)cc1. The maximum absolute atomic E-state index is 5.59. The Kier molecular flexibility index (Phi) is 5.19. The van der Waals surface area contributed by atoms with Crippen molar-refractivity contribution < 1.29 is 9.47 Å². The van der Waals surface area contributed by atoms with E-state index >= 15 is 0 Å². The van der Waals surface area contributed by atoms with Crippen LogP contribution in [0.2, 0.25) is 0 Å². The summed E-state index contributed by atoms with van der Waals surface area (Å²) in [6.45, 7) is 6.90. The van der Waals surface area contributed by atoms with E-state index in [1.54, 1.807) is 0 Å². The van der Waals surface area contributed by atoms with Crippen molar-refractivity contribution in [2.75, 3.05) is 6.61 Å². The van der Waals surface area contributed by atoms with Crippen molar-refractivity contribution in [1.29, 1.82) is 0 Å². The summed E-state index contributed by atoms with van der Waals surface area (Å²) < 4.78 is 11.1. The molecule has 0 bridgehead atoms. The van der Waals surface area contributed by atoms with Crippen LogP contribution in [-0.4, -0.2) is 12.9 Å². The van der Waals surface area contributed by atoms with Crippen LogP contribution in [0.3, 0.4) is 0 Å². The maximum atomic E-state index is 5.59. The first-order valence-corrected chi connectivity index (χ1v) is 5.57. The number of rotatable bonds is 6. The van der Waals surface area contributed by atoms with Crippen molar-refractivity contribution in [2.24, 2.45) is 0 Å². The van der Waals surface area contributed by atoms with Crippen molar-refractivity contribution in [3.63, 3.8) is 0 Å². The summed E-state index contributed by atoms with van der Waals surface area (Å²) in [5.74, 6) is 0.865. The molecule has 2 nitrogen and oxygen atoms in total. The minimum Gasteiger partial charge on any atom is -0.465 e. The van der Waals surface area contributed by atoms with Gasteiger partial charge in [0.1, 0.15) is 5.75 Å². The number of benzene rings is 1. The second kappa shape index (κ2) is 6.46. The van der Waals surface area contributed by atoms with Gasteiger partial charge in [0.2, 0.25) is 0 Å². The number of unbranched alkanes of at least 4 members (excludes halogenated alkanes) is 1. The number of ether oxygens (including phenoxy) is 2. The summed E-state index contributed by atoms with van der Waals surface area (Å²) in [4.78, 5) is 0. The van der Waals surface area contributed by atoms with Crippen LogP contribution in [0, 0.1) is 6.92 Å². The molecule has 1 rings (SSSR count). The zero-order valence-electron chi connectivity index (χ0n) is 9.82. The minimum absolute atomic E-state index is 0.167. The second-order valence-corrected chi connectivity index (χ2v) is 3.72. The van der Waals surface area contributed by atoms with E-state index in [2.05, 4.69) is 13.8 Å². The van der Waals surface area contributed by atoms with Crippen molar-refractivity contribution in [1.82, 2.24) is 0 Å². The molecule has 0 amide bonds. The lowest BCUT2D eigenvalue weighted by atomic mass is 10.2. The molecule has 0 aromatic heterocycles. The fraction of sp³-hybridized carbons (Fsp3) is 0.538. The molecule has 0 saturated heterocycles. The molecule has 84 valence electrons. The zero-order chi connectivity index (χ0) is 11.1. The van der Waals surface area contributed by atoms with E-state index in [0.717, 1.165) is 25.2 Å². The van der Waals surface area contributed by atoms with E-state index in [9.17, 15) is 0 Å². The first kappa shape index (κ1) is 12.1. The molecule has 1 aromatic rings. The Morgan fingerprint density at radius 2 is 1.87 bits per heavy atom. The molecule has 0 fully saturated rings. The fourth-order valence-electron chi connectivity index (χ4n) is 1.24. The highest BCUT2D eigenvalue weighted by Crippen LogP contribution is 2.13. The third kappa shape index (κ3) is 4.84. The summed E-state index contributed by atoms with van der Waals surface area (Å²) in [7, 11) is 0. The standard InChI is InChI=1S/C13H20O2/c1-4-5-10-14-12(3)15-13-8-6-11(2)7-9-13/h6-9,12H,4-5,10H2,1-3H3. The van der Waals surface area contributed by atoms with Crippen LogP contribution in [0.1, 0.15) is 32.3 Å². The van der Waals surface area contributed by atoms with Gasteiger partial charge in [-0.1, -0.05) is 31.0 Å². The predicted molar refractivity (Wildman–Crippen MR) is 62.1 cm³/mol. The molecule has 1 aromatic carbocycles. The summed E-state index contributed by atoms with van der Waals surface area (Å²) in [6, 6.07) is 8.01. The first-order chi connectivity index (χ1) is 7.22. The van der Waals surface area contributed by atoms with Crippen molar-refractivity contribution in [3.8, 4) is 5.75 Å². The molecule has 0 aliphatic carbocycles. The molecular weight excluding hydrogens is 188 g/mol. The van der Waals surface area contributed by atoms with Crippen molar-refractivity contribution >= 4 is 0 Å². The normalized spacial score (nSPS) is 12.5.